The van der Waals surface area contributed by atoms with Crippen LogP contribution in [0.5, 0.6) is 0 Å². The second-order valence-corrected chi connectivity index (χ2v) is 10.1. The molecule has 1 saturated heterocycles. The van der Waals surface area contributed by atoms with Gasteiger partial charge in [-0.2, -0.15) is 5.26 Å². The number of likely N-dealkylation sites (tertiary alicyclic amines) is 1. The highest BCUT2D eigenvalue weighted by atomic mass is 16.6. The van der Waals surface area contributed by atoms with Crippen molar-refractivity contribution in [2.24, 2.45) is 10.7 Å². The van der Waals surface area contributed by atoms with E-state index >= 15 is 0 Å². The van der Waals surface area contributed by atoms with E-state index in [0.29, 0.717) is 38.9 Å². The SMILES string of the molecule is COC(=O)CCc1ccc(C2(CCN(CCO)C(N)=NC#N)CCN(C(=O)OC(C)(C)C)CC2)cc1. The number of piperidine rings is 1. The lowest BCUT2D eigenvalue weighted by Crippen LogP contribution is -2.49. The zero-order valence-corrected chi connectivity index (χ0v) is 21.8. The van der Waals surface area contributed by atoms with Crippen LogP contribution in [0, 0.1) is 11.5 Å². The summed E-state index contributed by atoms with van der Waals surface area (Å²) in [5, 5.41) is 18.4. The summed E-state index contributed by atoms with van der Waals surface area (Å²) in [6.45, 7) is 7.28. The van der Waals surface area contributed by atoms with Crippen molar-refractivity contribution in [2.75, 3.05) is 39.9 Å². The Morgan fingerprint density at radius 3 is 2.39 bits per heavy atom. The average Bonchev–Trinajstić information content (AvgIpc) is 2.84. The molecule has 2 rings (SSSR count). The monoisotopic (exact) mass is 501 g/mol. The maximum atomic E-state index is 12.6. The summed E-state index contributed by atoms with van der Waals surface area (Å²) in [4.78, 5) is 31.2. The van der Waals surface area contributed by atoms with Crippen LogP contribution in [-0.2, 0) is 26.1 Å². The molecule has 1 fully saturated rings. The molecule has 0 atom stereocenters. The molecule has 1 aromatic rings. The van der Waals surface area contributed by atoms with Crippen LogP contribution in [0.25, 0.3) is 0 Å². The number of esters is 1. The van der Waals surface area contributed by atoms with Gasteiger partial charge in [-0.25, -0.2) is 4.79 Å². The van der Waals surface area contributed by atoms with Gasteiger partial charge in [0, 0.05) is 38.0 Å². The number of nitrogens with two attached hydrogens (primary N) is 1. The molecule has 10 nitrogen and oxygen atoms in total. The van der Waals surface area contributed by atoms with Crippen LogP contribution >= 0.6 is 0 Å². The summed E-state index contributed by atoms with van der Waals surface area (Å²) in [5.41, 5.74) is 7.32. The van der Waals surface area contributed by atoms with Gasteiger partial charge in [0.1, 0.15) is 5.60 Å². The molecule has 0 aliphatic carbocycles. The topological polar surface area (TPSA) is 141 Å². The quantitative estimate of drug-likeness (QED) is 0.228. The van der Waals surface area contributed by atoms with E-state index in [1.165, 1.54) is 7.11 Å². The van der Waals surface area contributed by atoms with Crippen LogP contribution in [0.4, 0.5) is 4.79 Å². The highest BCUT2D eigenvalue weighted by Crippen LogP contribution is 2.39. The van der Waals surface area contributed by atoms with Crippen molar-refractivity contribution in [3.05, 3.63) is 35.4 Å². The normalized spacial score (nSPS) is 15.7. The van der Waals surface area contributed by atoms with Gasteiger partial charge >= 0.3 is 12.1 Å². The number of aryl methyl sites for hydroxylation is 1. The van der Waals surface area contributed by atoms with Crippen molar-refractivity contribution in [3.63, 3.8) is 0 Å². The Morgan fingerprint density at radius 2 is 1.86 bits per heavy atom. The Hall–Kier alpha value is -3.32. The summed E-state index contributed by atoms with van der Waals surface area (Å²) in [7, 11) is 1.38. The van der Waals surface area contributed by atoms with Crippen molar-refractivity contribution in [1.29, 1.82) is 5.26 Å². The largest absolute Gasteiger partial charge is 0.469 e. The molecule has 0 radical (unpaired) electrons. The first-order valence-electron chi connectivity index (χ1n) is 12.3. The van der Waals surface area contributed by atoms with E-state index in [0.717, 1.165) is 24.0 Å². The molecular formula is C26H39N5O5. The molecule has 36 heavy (non-hydrogen) atoms. The van der Waals surface area contributed by atoms with Crippen molar-refractivity contribution in [1.82, 2.24) is 9.80 Å². The third-order valence-electron chi connectivity index (χ3n) is 6.50. The Balaban J connectivity index is 2.24. The number of hydrogen-bond acceptors (Lipinski definition) is 7. The fourth-order valence-corrected chi connectivity index (χ4v) is 4.43. The number of carbonyl (C=O) groups is 2. The fourth-order valence-electron chi connectivity index (χ4n) is 4.43. The molecular weight excluding hydrogens is 462 g/mol. The number of amides is 1. The van der Waals surface area contributed by atoms with Gasteiger partial charge in [0.05, 0.1) is 13.7 Å². The van der Waals surface area contributed by atoms with Crippen molar-refractivity contribution in [2.45, 2.75) is 63.9 Å². The number of guanidine groups is 1. The number of nitriles is 1. The number of aliphatic hydroxyl groups is 1. The van der Waals surface area contributed by atoms with Gasteiger partial charge in [-0.3, -0.25) is 4.79 Å². The Kier molecular flexibility index (Phi) is 10.5. The second-order valence-electron chi connectivity index (χ2n) is 10.1. The maximum Gasteiger partial charge on any atom is 0.410 e. The minimum Gasteiger partial charge on any atom is -0.469 e. The van der Waals surface area contributed by atoms with Crippen LogP contribution in [0.2, 0.25) is 0 Å². The molecule has 0 bridgehead atoms. The summed E-state index contributed by atoms with van der Waals surface area (Å²) in [6, 6.07) is 8.21. The lowest BCUT2D eigenvalue weighted by atomic mass is 9.70. The second kappa shape index (κ2) is 13.1. The van der Waals surface area contributed by atoms with Gasteiger partial charge in [0.15, 0.2) is 0 Å². The first-order valence-corrected chi connectivity index (χ1v) is 12.3. The molecule has 198 valence electrons. The smallest absolute Gasteiger partial charge is 0.410 e. The number of aliphatic hydroxyl groups excluding tert-OH is 1. The van der Waals surface area contributed by atoms with Gasteiger partial charge in [0.25, 0.3) is 0 Å². The predicted molar refractivity (Wildman–Crippen MR) is 136 cm³/mol. The maximum absolute atomic E-state index is 12.6. The molecule has 0 unspecified atom stereocenters. The highest BCUT2D eigenvalue weighted by molar-refractivity contribution is 5.79. The number of benzene rings is 1. The van der Waals surface area contributed by atoms with E-state index in [-0.39, 0.29) is 36.6 Å². The average molecular weight is 502 g/mol. The lowest BCUT2D eigenvalue weighted by molar-refractivity contribution is -0.140. The third kappa shape index (κ3) is 8.41. The molecule has 1 heterocycles. The van der Waals surface area contributed by atoms with Crippen LogP contribution < -0.4 is 5.73 Å². The van der Waals surface area contributed by atoms with Gasteiger partial charge in [-0.05, 0) is 57.6 Å². The number of methoxy groups -OCH3 is 1. The summed E-state index contributed by atoms with van der Waals surface area (Å²) in [6.07, 6.45) is 4.43. The molecule has 1 amide bonds. The molecule has 1 aromatic carbocycles. The van der Waals surface area contributed by atoms with Crippen LogP contribution in [0.3, 0.4) is 0 Å². The number of rotatable bonds is 9. The first kappa shape index (κ1) is 28.9. The van der Waals surface area contributed by atoms with Gasteiger partial charge in [-0.1, -0.05) is 24.3 Å². The molecule has 1 aliphatic heterocycles. The van der Waals surface area contributed by atoms with Gasteiger partial charge in [0.2, 0.25) is 12.2 Å². The number of carbonyl (C=O) groups excluding carboxylic acids is 2. The lowest BCUT2D eigenvalue weighted by Gasteiger charge is -2.43. The van der Waals surface area contributed by atoms with Crippen molar-refractivity contribution in [3.8, 4) is 6.19 Å². The van der Waals surface area contributed by atoms with E-state index in [1.807, 2.05) is 32.9 Å². The summed E-state index contributed by atoms with van der Waals surface area (Å²) < 4.78 is 10.3. The Labute approximate surface area is 213 Å². The van der Waals surface area contributed by atoms with Crippen molar-refractivity contribution >= 4 is 18.0 Å². The third-order valence-corrected chi connectivity index (χ3v) is 6.50. The molecule has 0 saturated carbocycles. The first-order chi connectivity index (χ1) is 17.0. The zero-order valence-electron chi connectivity index (χ0n) is 21.8. The highest BCUT2D eigenvalue weighted by Gasteiger charge is 2.38. The Bertz CT molecular complexity index is 941. The van der Waals surface area contributed by atoms with E-state index in [2.05, 4.69) is 17.1 Å². The number of aliphatic imine (C=N–C) groups is 1. The number of hydrogen-bond donors (Lipinski definition) is 2. The Morgan fingerprint density at radius 1 is 1.22 bits per heavy atom. The van der Waals surface area contributed by atoms with Gasteiger partial charge in [-0.15, -0.1) is 4.99 Å². The van der Waals surface area contributed by atoms with E-state index < -0.39 is 5.60 Å². The predicted octanol–water partition coefficient (Wildman–Crippen LogP) is 2.54. The van der Waals surface area contributed by atoms with Crippen molar-refractivity contribution < 1.29 is 24.2 Å². The van der Waals surface area contributed by atoms with Crippen LogP contribution in [-0.4, -0.2) is 78.4 Å². The van der Waals surface area contributed by atoms with Crippen LogP contribution in [0.1, 0.15) is 57.6 Å². The molecule has 10 heteroatoms. The standard InChI is InChI=1S/C26H39N5O5/c1-25(2,3)36-24(34)31-15-12-26(13-16-31,11-14-30(17-18-32)23(28)29-19-27)21-8-5-20(6-9-21)7-10-22(33)35-4/h5-6,8-9,32H,7,10-18H2,1-4H3,(H2,28,29). The molecule has 0 spiro atoms. The minimum atomic E-state index is -0.561. The zero-order chi connectivity index (χ0) is 26.8. The van der Waals surface area contributed by atoms with E-state index in [4.69, 9.17) is 20.5 Å². The van der Waals surface area contributed by atoms with E-state index in [9.17, 15) is 14.7 Å². The summed E-state index contributed by atoms with van der Waals surface area (Å²) in [5.74, 6) is -0.170. The van der Waals surface area contributed by atoms with Gasteiger partial charge < -0.3 is 30.1 Å². The molecule has 0 aromatic heterocycles. The molecule has 1 aliphatic rings. The minimum absolute atomic E-state index is 0.0750. The fraction of sp³-hybridized carbons (Fsp3) is 0.615. The number of ether oxygens (including phenoxy) is 2. The number of nitrogens with zero attached hydrogens (tertiary/aromatic N) is 4. The molecule has 3 N–H and O–H groups in total. The van der Waals surface area contributed by atoms with E-state index in [1.54, 1.807) is 16.0 Å². The van der Waals surface area contributed by atoms with Crippen LogP contribution in [0.15, 0.2) is 29.3 Å². The summed E-state index contributed by atoms with van der Waals surface area (Å²) >= 11 is 0.